The molecular formula is C12H23N. The molecule has 0 aromatic carbocycles. The van der Waals surface area contributed by atoms with E-state index in [0.717, 1.165) is 13.0 Å². The van der Waals surface area contributed by atoms with Crippen molar-refractivity contribution in [2.24, 2.45) is 0 Å². The predicted octanol–water partition coefficient (Wildman–Crippen LogP) is 2.96. The van der Waals surface area contributed by atoms with Gasteiger partial charge in [-0.05, 0) is 26.3 Å². The summed E-state index contributed by atoms with van der Waals surface area (Å²) >= 11 is 0. The van der Waals surface area contributed by atoms with Crippen molar-refractivity contribution in [3.8, 4) is 11.8 Å². The van der Waals surface area contributed by atoms with Gasteiger partial charge in [0.1, 0.15) is 0 Å². The lowest BCUT2D eigenvalue weighted by atomic mass is 10.2. The Morgan fingerprint density at radius 1 is 1.15 bits per heavy atom. The van der Waals surface area contributed by atoms with Gasteiger partial charge in [0.05, 0.1) is 6.04 Å². The number of unbranched alkanes of at least 4 members (excludes halogenated alkanes) is 3. The van der Waals surface area contributed by atoms with Crippen LogP contribution in [-0.2, 0) is 0 Å². The second kappa shape index (κ2) is 9.61. The van der Waals surface area contributed by atoms with Gasteiger partial charge >= 0.3 is 0 Å². The molecule has 0 radical (unpaired) electrons. The average molecular weight is 181 g/mol. The Kier molecular flexibility index (Phi) is 9.25. The molecule has 0 aliphatic carbocycles. The normalized spacial score (nSPS) is 11.9. The van der Waals surface area contributed by atoms with E-state index >= 15 is 0 Å². The first-order chi connectivity index (χ1) is 6.31. The van der Waals surface area contributed by atoms with Gasteiger partial charge in [0, 0.05) is 6.42 Å². The molecule has 1 unspecified atom stereocenters. The van der Waals surface area contributed by atoms with Crippen molar-refractivity contribution in [2.75, 3.05) is 6.54 Å². The van der Waals surface area contributed by atoms with Crippen LogP contribution in [0, 0.1) is 11.8 Å². The lowest BCUT2D eigenvalue weighted by molar-refractivity contribution is 0.610. The molecule has 13 heavy (non-hydrogen) atoms. The molecule has 0 spiro atoms. The second-order valence-electron chi connectivity index (χ2n) is 3.45. The summed E-state index contributed by atoms with van der Waals surface area (Å²) < 4.78 is 0. The summed E-state index contributed by atoms with van der Waals surface area (Å²) in [4.78, 5) is 0. The van der Waals surface area contributed by atoms with E-state index in [2.05, 4.69) is 37.9 Å². The van der Waals surface area contributed by atoms with Crippen LogP contribution in [0.2, 0.25) is 0 Å². The van der Waals surface area contributed by atoms with Crippen LogP contribution >= 0.6 is 0 Å². The lowest BCUT2D eigenvalue weighted by Crippen LogP contribution is -2.25. The Hall–Kier alpha value is -0.480. The van der Waals surface area contributed by atoms with Crippen molar-refractivity contribution in [3.05, 3.63) is 0 Å². The van der Waals surface area contributed by atoms with E-state index in [4.69, 9.17) is 0 Å². The van der Waals surface area contributed by atoms with Gasteiger partial charge < -0.3 is 5.32 Å². The van der Waals surface area contributed by atoms with Gasteiger partial charge in [0.15, 0.2) is 0 Å². The highest BCUT2D eigenvalue weighted by molar-refractivity contribution is 5.05. The highest BCUT2D eigenvalue weighted by atomic mass is 14.9. The van der Waals surface area contributed by atoms with Crippen molar-refractivity contribution < 1.29 is 0 Å². The fourth-order valence-corrected chi connectivity index (χ4v) is 1.04. The van der Waals surface area contributed by atoms with Crippen molar-refractivity contribution in [1.29, 1.82) is 0 Å². The molecule has 0 rings (SSSR count). The maximum absolute atomic E-state index is 3.39. The summed E-state index contributed by atoms with van der Waals surface area (Å²) in [5.74, 6) is 6.42. The zero-order chi connectivity index (χ0) is 9.94. The van der Waals surface area contributed by atoms with Crippen molar-refractivity contribution >= 4 is 0 Å². The Morgan fingerprint density at radius 2 is 1.85 bits per heavy atom. The van der Waals surface area contributed by atoms with Crippen LogP contribution in [-0.4, -0.2) is 12.6 Å². The topological polar surface area (TPSA) is 12.0 Å². The molecule has 1 nitrogen and oxygen atoms in total. The number of hydrogen-bond acceptors (Lipinski definition) is 1. The molecule has 0 aromatic rings. The quantitative estimate of drug-likeness (QED) is 0.491. The largest absolute Gasteiger partial charge is 0.304 e. The molecule has 0 heterocycles. The molecule has 0 aromatic heterocycles. The van der Waals surface area contributed by atoms with Crippen LogP contribution in [0.25, 0.3) is 0 Å². The second-order valence-corrected chi connectivity index (χ2v) is 3.45. The Labute approximate surface area is 83.3 Å². The van der Waals surface area contributed by atoms with Crippen molar-refractivity contribution in [3.63, 3.8) is 0 Å². The molecule has 0 saturated heterocycles. The molecule has 0 bridgehead atoms. The zero-order valence-corrected chi connectivity index (χ0v) is 9.32. The average Bonchev–Trinajstić information content (AvgIpc) is 2.13. The third-order valence-corrected chi connectivity index (χ3v) is 1.95. The van der Waals surface area contributed by atoms with Gasteiger partial charge in [-0.1, -0.05) is 32.6 Å². The number of rotatable bonds is 6. The van der Waals surface area contributed by atoms with Gasteiger partial charge in [-0.3, -0.25) is 0 Å². The van der Waals surface area contributed by atoms with Crippen LogP contribution in [0.5, 0.6) is 0 Å². The summed E-state index contributed by atoms with van der Waals surface area (Å²) in [6, 6.07) is 0.364. The molecule has 0 amide bonds. The van der Waals surface area contributed by atoms with Crippen LogP contribution in [0.1, 0.15) is 52.9 Å². The van der Waals surface area contributed by atoms with E-state index < -0.39 is 0 Å². The standard InChI is InChI=1S/C12H23N/c1-4-6-8-9-10-12(3)13-11-7-5-2/h12-13H,4-8,11H2,1-3H3. The van der Waals surface area contributed by atoms with E-state index in [9.17, 15) is 0 Å². The minimum absolute atomic E-state index is 0.364. The molecule has 0 saturated carbocycles. The van der Waals surface area contributed by atoms with Crippen LogP contribution < -0.4 is 5.32 Å². The van der Waals surface area contributed by atoms with Gasteiger partial charge in [-0.2, -0.15) is 0 Å². The molecule has 1 atom stereocenters. The lowest BCUT2D eigenvalue weighted by Gasteiger charge is -2.05. The molecule has 0 fully saturated rings. The fraction of sp³-hybridized carbons (Fsp3) is 0.833. The molecule has 0 aliphatic rings. The molecule has 1 N–H and O–H groups in total. The Morgan fingerprint density at radius 3 is 2.46 bits per heavy atom. The van der Waals surface area contributed by atoms with E-state index in [-0.39, 0.29) is 0 Å². The summed E-state index contributed by atoms with van der Waals surface area (Å²) in [7, 11) is 0. The maximum atomic E-state index is 3.39. The van der Waals surface area contributed by atoms with Crippen molar-refractivity contribution in [1.82, 2.24) is 5.32 Å². The van der Waals surface area contributed by atoms with Gasteiger partial charge in [0.2, 0.25) is 0 Å². The zero-order valence-electron chi connectivity index (χ0n) is 9.32. The van der Waals surface area contributed by atoms with Crippen LogP contribution in [0.3, 0.4) is 0 Å². The first-order valence-electron chi connectivity index (χ1n) is 5.53. The van der Waals surface area contributed by atoms with Crippen molar-refractivity contribution in [2.45, 2.75) is 58.9 Å². The van der Waals surface area contributed by atoms with Crippen LogP contribution in [0.15, 0.2) is 0 Å². The monoisotopic (exact) mass is 181 g/mol. The minimum Gasteiger partial charge on any atom is -0.304 e. The first kappa shape index (κ1) is 12.5. The first-order valence-corrected chi connectivity index (χ1v) is 5.53. The number of nitrogens with one attached hydrogen (secondary N) is 1. The van der Waals surface area contributed by atoms with E-state index in [1.807, 2.05) is 0 Å². The third kappa shape index (κ3) is 9.43. The highest BCUT2D eigenvalue weighted by Gasteiger charge is 1.92. The third-order valence-electron chi connectivity index (χ3n) is 1.95. The van der Waals surface area contributed by atoms with Gasteiger partial charge in [-0.15, -0.1) is 5.92 Å². The van der Waals surface area contributed by atoms with Gasteiger partial charge in [-0.25, -0.2) is 0 Å². The predicted molar refractivity (Wildman–Crippen MR) is 59.7 cm³/mol. The van der Waals surface area contributed by atoms with Crippen LogP contribution in [0.4, 0.5) is 0 Å². The Balaban J connectivity index is 3.35. The van der Waals surface area contributed by atoms with Gasteiger partial charge in [0.25, 0.3) is 0 Å². The SMILES string of the molecule is CCCCC#CC(C)NCCCC. The highest BCUT2D eigenvalue weighted by Crippen LogP contribution is 1.91. The molecule has 0 aliphatic heterocycles. The smallest absolute Gasteiger partial charge is 0.0660 e. The summed E-state index contributed by atoms with van der Waals surface area (Å²) in [5.41, 5.74) is 0. The van der Waals surface area contributed by atoms with E-state index in [0.29, 0.717) is 6.04 Å². The van der Waals surface area contributed by atoms with E-state index in [1.54, 1.807) is 0 Å². The molecule has 1 heteroatoms. The van der Waals surface area contributed by atoms with E-state index in [1.165, 1.54) is 25.7 Å². The molecule has 76 valence electrons. The summed E-state index contributed by atoms with van der Waals surface area (Å²) in [6.45, 7) is 7.64. The molecular weight excluding hydrogens is 158 g/mol. The summed E-state index contributed by atoms with van der Waals surface area (Å²) in [6.07, 6.45) is 6.03. The maximum Gasteiger partial charge on any atom is 0.0660 e. The summed E-state index contributed by atoms with van der Waals surface area (Å²) in [5, 5.41) is 3.39. The fourth-order valence-electron chi connectivity index (χ4n) is 1.04. The minimum atomic E-state index is 0.364. The Bertz CT molecular complexity index is 152. The number of hydrogen-bond donors (Lipinski definition) is 1.